The summed E-state index contributed by atoms with van der Waals surface area (Å²) in [6.07, 6.45) is 0. The van der Waals surface area contributed by atoms with Crippen molar-refractivity contribution in [3.8, 4) is 0 Å². The standard InChI is InChI=1S/C13H10ClFN2O2/c14-11-6-8(16)5-10(13(18)19)12(11)17-9-3-1-7(15)2-4-9/h1-6,17H,16H2,(H,18,19). The Balaban J connectivity index is 2.44. The van der Waals surface area contributed by atoms with Gasteiger partial charge in [-0.2, -0.15) is 0 Å². The molecule has 2 aromatic carbocycles. The highest BCUT2D eigenvalue weighted by Crippen LogP contribution is 2.31. The Kier molecular flexibility index (Phi) is 3.57. The summed E-state index contributed by atoms with van der Waals surface area (Å²) in [6, 6.07) is 8.23. The zero-order chi connectivity index (χ0) is 14.0. The average molecular weight is 281 g/mol. The van der Waals surface area contributed by atoms with Gasteiger partial charge < -0.3 is 16.2 Å². The maximum absolute atomic E-state index is 12.8. The number of nitrogens with two attached hydrogens (primary N) is 1. The van der Waals surface area contributed by atoms with Gasteiger partial charge in [-0.05, 0) is 36.4 Å². The topological polar surface area (TPSA) is 75.3 Å². The molecule has 0 spiro atoms. The van der Waals surface area contributed by atoms with Crippen molar-refractivity contribution >= 4 is 34.6 Å². The van der Waals surface area contributed by atoms with E-state index in [2.05, 4.69) is 5.32 Å². The normalized spacial score (nSPS) is 10.2. The summed E-state index contributed by atoms with van der Waals surface area (Å²) in [5.41, 5.74) is 6.51. The van der Waals surface area contributed by atoms with Crippen molar-refractivity contribution in [1.29, 1.82) is 0 Å². The molecular formula is C13H10ClFN2O2. The van der Waals surface area contributed by atoms with Gasteiger partial charge in [0, 0.05) is 11.4 Å². The van der Waals surface area contributed by atoms with Crippen LogP contribution in [0.2, 0.25) is 5.02 Å². The number of carboxylic acids is 1. The van der Waals surface area contributed by atoms with E-state index < -0.39 is 5.97 Å². The van der Waals surface area contributed by atoms with E-state index in [0.717, 1.165) is 0 Å². The van der Waals surface area contributed by atoms with Gasteiger partial charge in [0.25, 0.3) is 0 Å². The van der Waals surface area contributed by atoms with Gasteiger partial charge in [-0.25, -0.2) is 9.18 Å². The minimum atomic E-state index is -1.15. The highest BCUT2D eigenvalue weighted by molar-refractivity contribution is 6.34. The second-order valence-corrected chi connectivity index (χ2v) is 4.27. The van der Waals surface area contributed by atoms with Crippen LogP contribution in [0.4, 0.5) is 21.5 Å². The molecule has 0 radical (unpaired) electrons. The summed E-state index contributed by atoms with van der Waals surface area (Å²) in [4.78, 5) is 11.2. The summed E-state index contributed by atoms with van der Waals surface area (Å²) >= 11 is 5.98. The highest BCUT2D eigenvalue weighted by Gasteiger charge is 2.15. The van der Waals surface area contributed by atoms with Gasteiger partial charge in [0.2, 0.25) is 0 Å². The number of carboxylic acid groups (broad SMARTS) is 1. The molecule has 0 aliphatic heterocycles. The molecule has 0 bridgehead atoms. The molecule has 0 heterocycles. The number of hydrogen-bond acceptors (Lipinski definition) is 3. The molecule has 2 rings (SSSR count). The molecule has 0 aliphatic rings. The number of anilines is 3. The van der Waals surface area contributed by atoms with Crippen LogP contribution in [0.1, 0.15) is 10.4 Å². The van der Waals surface area contributed by atoms with Crippen molar-refractivity contribution in [2.75, 3.05) is 11.1 Å². The lowest BCUT2D eigenvalue weighted by molar-refractivity contribution is 0.0698. The summed E-state index contributed by atoms with van der Waals surface area (Å²) in [6.45, 7) is 0. The first-order valence-corrected chi connectivity index (χ1v) is 5.70. The van der Waals surface area contributed by atoms with Crippen molar-refractivity contribution in [3.05, 3.63) is 52.8 Å². The molecule has 0 aliphatic carbocycles. The smallest absolute Gasteiger partial charge is 0.337 e. The maximum Gasteiger partial charge on any atom is 0.337 e. The average Bonchev–Trinajstić information content (AvgIpc) is 2.34. The molecule has 0 aromatic heterocycles. The van der Waals surface area contributed by atoms with Gasteiger partial charge >= 0.3 is 5.97 Å². The minimum absolute atomic E-state index is 0.0469. The largest absolute Gasteiger partial charge is 0.478 e. The van der Waals surface area contributed by atoms with E-state index in [-0.39, 0.29) is 27.8 Å². The van der Waals surface area contributed by atoms with Crippen molar-refractivity contribution in [3.63, 3.8) is 0 Å². The first kappa shape index (κ1) is 13.2. The van der Waals surface area contributed by atoms with Crippen LogP contribution in [0, 0.1) is 5.82 Å². The molecule has 6 heteroatoms. The number of nitrogens with one attached hydrogen (secondary N) is 1. The molecule has 4 nitrogen and oxygen atoms in total. The predicted molar refractivity (Wildman–Crippen MR) is 72.5 cm³/mol. The fraction of sp³-hybridized carbons (Fsp3) is 0. The van der Waals surface area contributed by atoms with Gasteiger partial charge in [-0.15, -0.1) is 0 Å². The van der Waals surface area contributed by atoms with Crippen molar-refractivity contribution < 1.29 is 14.3 Å². The Hall–Kier alpha value is -2.27. The van der Waals surface area contributed by atoms with E-state index in [1.807, 2.05) is 0 Å². The van der Waals surface area contributed by atoms with Crippen LogP contribution in [-0.2, 0) is 0 Å². The van der Waals surface area contributed by atoms with Crippen LogP contribution < -0.4 is 11.1 Å². The fourth-order valence-corrected chi connectivity index (χ4v) is 1.88. The van der Waals surface area contributed by atoms with Gasteiger partial charge in [-0.3, -0.25) is 0 Å². The molecule has 98 valence electrons. The maximum atomic E-state index is 12.8. The number of benzene rings is 2. The first-order chi connectivity index (χ1) is 8.97. The van der Waals surface area contributed by atoms with Crippen LogP contribution in [0.3, 0.4) is 0 Å². The summed E-state index contributed by atoms with van der Waals surface area (Å²) < 4.78 is 12.8. The first-order valence-electron chi connectivity index (χ1n) is 5.32. The molecule has 2 aromatic rings. The third-order valence-electron chi connectivity index (χ3n) is 2.46. The van der Waals surface area contributed by atoms with Crippen LogP contribution in [0.15, 0.2) is 36.4 Å². The number of nitrogen functional groups attached to an aromatic ring is 1. The Morgan fingerprint density at radius 2 is 1.89 bits per heavy atom. The van der Waals surface area contributed by atoms with Gasteiger partial charge in [0.1, 0.15) is 5.82 Å². The second-order valence-electron chi connectivity index (χ2n) is 3.86. The third-order valence-corrected chi connectivity index (χ3v) is 2.75. The Labute approximate surface area is 113 Å². The zero-order valence-corrected chi connectivity index (χ0v) is 10.4. The minimum Gasteiger partial charge on any atom is -0.478 e. The third kappa shape index (κ3) is 2.95. The molecular weight excluding hydrogens is 271 g/mol. The highest BCUT2D eigenvalue weighted by atomic mass is 35.5. The van der Waals surface area contributed by atoms with Crippen LogP contribution in [0.5, 0.6) is 0 Å². The summed E-state index contributed by atoms with van der Waals surface area (Å²) in [5, 5.41) is 12.1. The molecule has 0 unspecified atom stereocenters. The van der Waals surface area contributed by atoms with Crippen molar-refractivity contribution in [2.24, 2.45) is 0 Å². The summed E-state index contributed by atoms with van der Waals surface area (Å²) in [7, 11) is 0. The molecule has 0 saturated carbocycles. The van der Waals surface area contributed by atoms with E-state index in [9.17, 15) is 9.18 Å². The van der Waals surface area contributed by atoms with Crippen LogP contribution in [0.25, 0.3) is 0 Å². The number of rotatable bonds is 3. The predicted octanol–water partition coefficient (Wildman–Crippen LogP) is 3.50. The number of halogens is 2. The van der Waals surface area contributed by atoms with E-state index >= 15 is 0 Å². The molecule has 0 fully saturated rings. The molecule has 0 atom stereocenters. The van der Waals surface area contributed by atoms with E-state index in [1.165, 1.54) is 36.4 Å². The van der Waals surface area contributed by atoms with Gasteiger partial charge in [0.05, 0.1) is 16.3 Å². The molecule has 4 N–H and O–H groups in total. The molecule has 19 heavy (non-hydrogen) atoms. The molecule has 0 amide bonds. The van der Waals surface area contributed by atoms with E-state index in [4.69, 9.17) is 22.4 Å². The number of hydrogen-bond donors (Lipinski definition) is 3. The molecule has 0 saturated heterocycles. The van der Waals surface area contributed by atoms with E-state index in [0.29, 0.717) is 5.69 Å². The Morgan fingerprint density at radius 3 is 2.47 bits per heavy atom. The lowest BCUT2D eigenvalue weighted by atomic mass is 10.1. The van der Waals surface area contributed by atoms with Crippen LogP contribution in [-0.4, -0.2) is 11.1 Å². The number of carbonyl (C=O) groups is 1. The lowest BCUT2D eigenvalue weighted by Gasteiger charge is -2.12. The lowest BCUT2D eigenvalue weighted by Crippen LogP contribution is -2.05. The zero-order valence-electron chi connectivity index (χ0n) is 9.65. The van der Waals surface area contributed by atoms with Crippen molar-refractivity contribution in [1.82, 2.24) is 0 Å². The fourth-order valence-electron chi connectivity index (χ4n) is 1.60. The van der Waals surface area contributed by atoms with Gasteiger partial charge in [0.15, 0.2) is 0 Å². The monoisotopic (exact) mass is 280 g/mol. The van der Waals surface area contributed by atoms with Gasteiger partial charge in [-0.1, -0.05) is 11.6 Å². The SMILES string of the molecule is Nc1cc(Cl)c(Nc2ccc(F)cc2)c(C(=O)O)c1. The quantitative estimate of drug-likeness (QED) is 0.752. The van der Waals surface area contributed by atoms with E-state index in [1.54, 1.807) is 0 Å². The Bertz CT molecular complexity index is 629. The Morgan fingerprint density at radius 1 is 1.26 bits per heavy atom. The summed E-state index contributed by atoms with van der Waals surface area (Å²) in [5.74, 6) is -1.54. The number of aromatic carboxylic acids is 1. The van der Waals surface area contributed by atoms with Crippen molar-refractivity contribution in [2.45, 2.75) is 0 Å². The van der Waals surface area contributed by atoms with Crippen LogP contribution >= 0.6 is 11.6 Å². The second kappa shape index (κ2) is 5.16.